The summed E-state index contributed by atoms with van der Waals surface area (Å²) in [7, 11) is -4.75. The number of hydrogen-bond donors (Lipinski definition) is 2. The highest BCUT2D eigenvalue weighted by molar-refractivity contribution is 7.47. The van der Waals surface area contributed by atoms with Gasteiger partial charge in [0.05, 0.1) is 19.8 Å². The van der Waals surface area contributed by atoms with Crippen LogP contribution in [0.5, 0.6) is 0 Å². The zero-order valence-corrected chi connectivity index (χ0v) is 47.0. The van der Waals surface area contributed by atoms with Crippen molar-refractivity contribution in [1.29, 1.82) is 0 Å². The third kappa shape index (κ3) is 52.1. The summed E-state index contributed by atoms with van der Waals surface area (Å²) in [6.45, 7) is 4.57. The Morgan fingerprint density at radius 3 is 1.08 bits per heavy atom. The van der Waals surface area contributed by atoms with Crippen molar-refractivity contribution in [3.63, 3.8) is 0 Å². The Bertz CT molecular complexity index is 1440. The number of rotatable bonds is 54. The Kier molecular flexibility index (Phi) is 52.3. The molecule has 0 bridgehead atoms. The van der Waals surface area contributed by atoms with Gasteiger partial charge in [-0.2, -0.15) is 0 Å². The summed E-state index contributed by atoms with van der Waals surface area (Å²) in [4.78, 5) is 48.5. The number of carbonyl (C=O) groups is 3. The molecule has 0 amide bonds. The van der Waals surface area contributed by atoms with Gasteiger partial charge in [0, 0.05) is 19.3 Å². The van der Waals surface area contributed by atoms with Crippen LogP contribution in [0.3, 0.4) is 0 Å². The molecule has 0 fully saturated rings. The van der Waals surface area contributed by atoms with Gasteiger partial charge >= 0.3 is 25.7 Å². The SMILES string of the molecule is CCCCC/C=C\C/C=C\C/C=C\CCCCCCCCC(=O)OC(COC(=O)CCCCCCC/C=C\CCCCCC)COP(=O)(O)OCC(CO)OC(=O)CCCCCCC/C=C\CCCCCC. The highest BCUT2D eigenvalue weighted by atomic mass is 31.2. The lowest BCUT2D eigenvalue weighted by molar-refractivity contribution is -0.161. The molecule has 3 atom stereocenters. The smallest absolute Gasteiger partial charge is 0.462 e. The number of esters is 3. The van der Waals surface area contributed by atoms with Crippen LogP contribution in [0.15, 0.2) is 60.8 Å². The van der Waals surface area contributed by atoms with Crippen molar-refractivity contribution < 1.29 is 52.2 Å². The molecule has 0 saturated heterocycles. The third-order valence-electron chi connectivity index (χ3n) is 12.4. The molecule has 0 aliphatic rings. The Hall–Kier alpha value is -2.82. The molecule has 0 heterocycles. The molecule has 0 spiro atoms. The van der Waals surface area contributed by atoms with Crippen molar-refractivity contribution in [3.8, 4) is 0 Å². The first-order chi connectivity index (χ1) is 35.2. The van der Waals surface area contributed by atoms with E-state index in [2.05, 4.69) is 81.5 Å². The van der Waals surface area contributed by atoms with Gasteiger partial charge in [-0.15, -0.1) is 0 Å². The van der Waals surface area contributed by atoms with Gasteiger partial charge in [-0.1, -0.05) is 197 Å². The maximum absolute atomic E-state index is 12.9. The minimum Gasteiger partial charge on any atom is -0.462 e. The zero-order chi connectivity index (χ0) is 52.7. The van der Waals surface area contributed by atoms with E-state index in [4.69, 9.17) is 23.3 Å². The van der Waals surface area contributed by atoms with Crippen molar-refractivity contribution in [2.75, 3.05) is 26.4 Å². The number of carbonyl (C=O) groups excluding carboxylic acids is 3. The largest absolute Gasteiger partial charge is 0.472 e. The van der Waals surface area contributed by atoms with Crippen LogP contribution < -0.4 is 0 Å². The lowest BCUT2D eigenvalue weighted by Crippen LogP contribution is -2.30. The van der Waals surface area contributed by atoms with Gasteiger partial charge in [0.1, 0.15) is 12.7 Å². The number of unbranched alkanes of at least 4 members (excludes halogenated alkanes) is 27. The molecule has 418 valence electrons. The number of phosphoric acid groups is 1. The van der Waals surface area contributed by atoms with Gasteiger partial charge in [0.15, 0.2) is 6.10 Å². The van der Waals surface area contributed by atoms with Crippen LogP contribution in [0, 0.1) is 0 Å². The van der Waals surface area contributed by atoms with E-state index in [0.717, 1.165) is 128 Å². The highest BCUT2D eigenvalue weighted by Gasteiger charge is 2.28. The third-order valence-corrected chi connectivity index (χ3v) is 13.3. The molecule has 12 heteroatoms. The molecule has 3 unspecified atom stereocenters. The van der Waals surface area contributed by atoms with Crippen LogP contribution in [0.2, 0.25) is 0 Å². The predicted octanol–water partition coefficient (Wildman–Crippen LogP) is 17.1. The van der Waals surface area contributed by atoms with E-state index in [-0.39, 0.29) is 25.9 Å². The predicted molar refractivity (Wildman–Crippen MR) is 298 cm³/mol. The van der Waals surface area contributed by atoms with Gasteiger partial charge in [-0.3, -0.25) is 23.4 Å². The first-order valence-electron chi connectivity index (χ1n) is 29.2. The fraction of sp³-hybridized carbons (Fsp3) is 0.783. The molecule has 0 aromatic rings. The van der Waals surface area contributed by atoms with E-state index < -0.39 is 57.8 Å². The summed E-state index contributed by atoms with van der Waals surface area (Å²) >= 11 is 0. The Balaban J connectivity index is 4.75. The van der Waals surface area contributed by atoms with E-state index in [1.807, 2.05) is 0 Å². The Morgan fingerprint density at radius 2 is 0.681 bits per heavy atom. The molecule has 11 nitrogen and oxygen atoms in total. The molecular weight excluding hydrogens is 928 g/mol. The summed E-state index contributed by atoms with van der Waals surface area (Å²) < 4.78 is 39.5. The normalized spacial score (nSPS) is 13.8. The standard InChI is InChI=1S/C60H107O11P/c1-4-7-10-13-16-19-22-25-26-27-28-29-30-33-36-39-42-45-48-51-60(64)71-57(53-67-58(62)49-46-43-40-37-34-31-23-20-17-14-11-8-5-2)55-69-72(65,66)68-54-56(52-61)70-59(63)50-47-44-41-38-35-32-24-21-18-15-12-9-6-3/h16,19-21,23-26,28-29,56-57,61H,4-15,17-18,22,27,30-55H2,1-3H3,(H,65,66)/b19-16-,23-20-,24-21-,26-25-,29-28-. The summed E-state index contributed by atoms with van der Waals surface area (Å²) in [6, 6.07) is 0. The number of aliphatic hydroxyl groups is 1. The second-order valence-corrected chi connectivity index (χ2v) is 20.9. The minimum atomic E-state index is -4.75. The maximum Gasteiger partial charge on any atom is 0.472 e. The number of ether oxygens (including phenoxy) is 3. The molecule has 0 rings (SSSR count). The summed E-state index contributed by atoms with van der Waals surface area (Å²) in [5, 5.41) is 9.80. The Morgan fingerprint density at radius 1 is 0.389 bits per heavy atom. The van der Waals surface area contributed by atoms with Crippen LogP contribution in [-0.4, -0.2) is 66.5 Å². The van der Waals surface area contributed by atoms with Gasteiger partial charge in [-0.05, 0) is 109 Å². The first-order valence-corrected chi connectivity index (χ1v) is 30.7. The number of phosphoric ester groups is 1. The highest BCUT2D eigenvalue weighted by Crippen LogP contribution is 2.43. The minimum absolute atomic E-state index is 0.151. The fourth-order valence-electron chi connectivity index (χ4n) is 7.88. The van der Waals surface area contributed by atoms with E-state index in [1.54, 1.807) is 0 Å². The van der Waals surface area contributed by atoms with E-state index in [0.29, 0.717) is 19.3 Å². The molecule has 0 aromatic heterocycles. The van der Waals surface area contributed by atoms with E-state index in [9.17, 15) is 28.9 Å². The first kappa shape index (κ1) is 69.2. The van der Waals surface area contributed by atoms with Crippen LogP contribution >= 0.6 is 7.82 Å². The maximum atomic E-state index is 12.9. The molecular formula is C60H107O11P. The van der Waals surface area contributed by atoms with E-state index in [1.165, 1.54) is 77.0 Å². The van der Waals surface area contributed by atoms with Crippen molar-refractivity contribution in [2.45, 2.75) is 277 Å². The van der Waals surface area contributed by atoms with E-state index >= 15 is 0 Å². The molecule has 0 aliphatic carbocycles. The number of allylic oxidation sites excluding steroid dienone is 10. The molecule has 0 radical (unpaired) electrons. The fourth-order valence-corrected chi connectivity index (χ4v) is 8.67. The van der Waals surface area contributed by atoms with Crippen LogP contribution in [0.4, 0.5) is 0 Å². The zero-order valence-electron chi connectivity index (χ0n) is 46.1. The van der Waals surface area contributed by atoms with Gasteiger partial charge in [0.2, 0.25) is 0 Å². The topological polar surface area (TPSA) is 155 Å². The molecule has 0 saturated carbocycles. The lowest BCUT2D eigenvalue weighted by atomic mass is 10.1. The monoisotopic (exact) mass is 1030 g/mol. The number of aliphatic hydroxyl groups excluding tert-OH is 1. The van der Waals surface area contributed by atoms with Crippen LogP contribution in [-0.2, 0) is 42.2 Å². The van der Waals surface area contributed by atoms with Gasteiger partial charge in [0.25, 0.3) is 0 Å². The quantitative estimate of drug-likeness (QED) is 0.0197. The van der Waals surface area contributed by atoms with Crippen molar-refractivity contribution >= 4 is 25.7 Å². The summed E-state index contributed by atoms with van der Waals surface area (Å²) in [6.07, 6.45) is 58.9. The average Bonchev–Trinajstić information content (AvgIpc) is 3.37. The van der Waals surface area contributed by atoms with Crippen molar-refractivity contribution in [2.24, 2.45) is 0 Å². The number of hydrogen-bond acceptors (Lipinski definition) is 10. The second-order valence-electron chi connectivity index (χ2n) is 19.4. The van der Waals surface area contributed by atoms with Crippen molar-refractivity contribution in [3.05, 3.63) is 60.8 Å². The van der Waals surface area contributed by atoms with Crippen molar-refractivity contribution in [1.82, 2.24) is 0 Å². The second kappa shape index (κ2) is 54.4. The lowest BCUT2D eigenvalue weighted by Gasteiger charge is -2.21. The van der Waals surface area contributed by atoms with Gasteiger partial charge in [-0.25, -0.2) is 4.57 Å². The summed E-state index contributed by atoms with van der Waals surface area (Å²) in [5.74, 6) is -1.49. The molecule has 2 N–H and O–H groups in total. The van der Waals surface area contributed by atoms with Crippen LogP contribution in [0.1, 0.15) is 265 Å². The molecule has 72 heavy (non-hydrogen) atoms. The molecule has 0 aromatic carbocycles. The summed E-state index contributed by atoms with van der Waals surface area (Å²) in [5.41, 5.74) is 0. The molecule has 0 aliphatic heterocycles. The van der Waals surface area contributed by atoms with Crippen LogP contribution in [0.25, 0.3) is 0 Å². The Labute approximate surface area is 440 Å². The average molecular weight is 1040 g/mol. The van der Waals surface area contributed by atoms with Gasteiger partial charge < -0.3 is 24.2 Å².